The van der Waals surface area contributed by atoms with Crippen LogP contribution in [0.2, 0.25) is 5.02 Å². The van der Waals surface area contributed by atoms with Gasteiger partial charge in [0, 0.05) is 42.8 Å². The minimum atomic E-state index is 0.657. The third-order valence-corrected chi connectivity index (χ3v) is 5.17. The van der Waals surface area contributed by atoms with Gasteiger partial charge in [-0.1, -0.05) is 60.1 Å². The predicted octanol–water partition coefficient (Wildman–Crippen LogP) is 5.13. The molecule has 0 saturated heterocycles. The summed E-state index contributed by atoms with van der Waals surface area (Å²) in [5.74, 6) is 0. The third kappa shape index (κ3) is 3.85. The monoisotopic (exact) mass is 413 g/mol. The molecule has 5 aromatic rings. The zero-order valence-corrected chi connectivity index (χ0v) is 17.0. The first kappa shape index (κ1) is 18.6. The molecule has 5 rings (SSSR count). The van der Waals surface area contributed by atoms with Crippen LogP contribution in [0.5, 0.6) is 0 Å². The first-order chi connectivity index (χ1) is 14.8. The molecule has 0 atom stereocenters. The van der Waals surface area contributed by atoms with Crippen molar-refractivity contribution in [3.63, 3.8) is 0 Å². The number of fused-ring (bicyclic) bond motifs is 1. The standard InChI is InChI=1S/C24H20ClN5/c25-20-11-12-23-27-21(17-29(23)16-20)14-26-13-19-15-30(22-9-5-2-6-10-22)28-24(19)18-7-3-1-4-8-18/h1-12,15-17,26H,13-14H2. The lowest BCUT2D eigenvalue weighted by Gasteiger charge is -2.03. The van der Waals surface area contributed by atoms with Gasteiger partial charge in [0.05, 0.1) is 22.1 Å². The fraction of sp³-hybridized carbons (Fsp3) is 0.0833. The van der Waals surface area contributed by atoms with Crippen LogP contribution in [0.1, 0.15) is 11.3 Å². The zero-order chi connectivity index (χ0) is 20.3. The maximum atomic E-state index is 6.07. The Balaban J connectivity index is 1.39. The molecule has 30 heavy (non-hydrogen) atoms. The summed E-state index contributed by atoms with van der Waals surface area (Å²) in [5, 5.41) is 9.06. The summed E-state index contributed by atoms with van der Waals surface area (Å²) in [4.78, 5) is 4.64. The summed E-state index contributed by atoms with van der Waals surface area (Å²) in [7, 11) is 0. The molecule has 1 N–H and O–H groups in total. The summed E-state index contributed by atoms with van der Waals surface area (Å²) in [5.41, 5.74) is 6.11. The first-order valence-electron chi connectivity index (χ1n) is 9.79. The minimum Gasteiger partial charge on any atom is -0.307 e. The van der Waals surface area contributed by atoms with E-state index in [1.54, 1.807) is 0 Å². The van der Waals surface area contributed by atoms with Gasteiger partial charge in [0.1, 0.15) is 5.65 Å². The molecule has 0 aliphatic rings. The lowest BCUT2D eigenvalue weighted by atomic mass is 10.1. The Morgan fingerprint density at radius 3 is 2.37 bits per heavy atom. The second kappa shape index (κ2) is 8.14. The van der Waals surface area contributed by atoms with E-state index in [9.17, 15) is 0 Å². The van der Waals surface area contributed by atoms with Gasteiger partial charge in [-0.25, -0.2) is 9.67 Å². The van der Waals surface area contributed by atoms with E-state index < -0.39 is 0 Å². The van der Waals surface area contributed by atoms with Gasteiger partial charge in [-0.15, -0.1) is 0 Å². The Labute approximate surface area is 179 Å². The Morgan fingerprint density at radius 2 is 1.57 bits per heavy atom. The molecule has 0 radical (unpaired) electrons. The Hall–Kier alpha value is -3.41. The quantitative estimate of drug-likeness (QED) is 0.419. The second-order valence-electron chi connectivity index (χ2n) is 7.10. The summed E-state index contributed by atoms with van der Waals surface area (Å²) in [6, 6.07) is 24.2. The second-order valence-corrected chi connectivity index (χ2v) is 7.53. The highest BCUT2D eigenvalue weighted by atomic mass is 35.5. The van der Waals surface area contributed by atoms with E-state index in [0.717, 1.165) is 33.8 Å². The highest BCUT2D eigenvalue weighted by Crippen LogP contribution is 2.23. The molecule has 0 aliphatic heterocycles. The molecule has 148 valence electrons. The van der Waals surface area contributed by atoms with Crippen LogP contribution >= 0.6 is 11.6 Å². The molecule has 3 heterocycles. The number of halogens is 1. The maximum absolute atomic E-state index is 6.07. The van der Waals surface area contributed by atoms with Crippen LogP contribution in [0.4, 0.5) is 0 Å². The van der Waals surface area contributed by atoms with Crippen LogP contribution in [-0.2, 0) is 13.1 Å². The zero-order valence-electron chi connectivity index (χ0n) is 16.2. The van der Waals surface area contributed by atoms with Crippen molar-refractivity contribution in [1.29, 1.82) is 0 Å². The number of nitrogens with zero attached hydrogens (tertiary/aromatic N) is 4. The van der Waals surface area contributed by atoms with E-state index in [4.69, 9.17) is 16.7 Å². The molecular weight excluding hydrogens is 394 g/mol. The van der Waals surface area contributed by atoms with Crippen LogP contribution in [0.15, 0.2) is 91.4 Å². The van der Waals surface area contributed by atoms with E-state index in [1.807, 2.05) is 70.0 Å². The van der Waals surface area contributed by atoms with Gasteiger partial charge in [0.2, 0.25) is 0 Å². The smallest absolute Gasteiger partial charge is 0.137 e. The number of pyridine rings is 1. The molecule has 0 spiro atoms. The van der Waals surface area contributed by atoms with Crippen LogP contribution in [0, 0.1) is 0 Å². The molecule has 2 aromatic carbocycles. The van der Waals surface area contributed by atoms with Crippen LogP contribution < -0.4 is 5.32 Å². The number of rotatable bonds is 6. The van der Waals surface area contributed by atoms with Crippen LogP contribution in [0.3, 0.4) is 0 Å². The number of imidazole rings is 1. The summed E-state index contributed by atoms with van der Waals surface area (Å²) >= 11 is 6.07. The van der Waals surface area contributed by atoms with Crippen molar-refractivity contribution in [1.82, 2.24) is 24.5 Å². The van der Waals surface area contributed by atoms with Crippen LogP contribution in [-0.4, -0.2) is 19.2 Å². The fourth-order valence-electron chi connectivity index (χ4n) is 3.52. The number of aromatic nitrogens is 4. The van der Waals surface area contributed by atoms with Crippen molar-refractivity contribution in [3.8, 4) is 16.9 Å². The molecule has 0 unspecified atom stereocenters. The van der Waals surface area contributed by atoms with Crippen molar-refractivity contribution in [2.45, 2.75) is 13.1 Å². The molecule has 0 amide bonds. The number of para-hydroxylation sites is 1. The summed E-state index contributed by atoms with van der Waals surface area (Å²) in [6.45, 7) is 1.34. The van der Waals surface area contributed by atoms with Crippen molar-refractivity contribution in [2.24, 2.45) is 0 Å². The summed E-state index contributed by atoms with van der Waals surface area (Å²) in [6.07, 6.45) is 5.96. The Morgan fingerprint density at radius 1 is 0.800 bits per heavy atom. The maximum Gasteiger partial charge on any atom is 0.137 e. The van der Waals surface area contributed by atoms with Gasteiger partial charge >= 0.3 is 0 Å². The Bertz CT molecular complexity index is 1280. The number of hydrogen-bond donors (Lipinski definition) is 1. The van der Waals surface area contributed by atoms with E-state index in [2.05, 4.69) is 40.8 Å². The molecule has 0 saturated carbocycles. The number of benzene rings is 2. The lowest BCUT2D eigenvalue weighted by molar-refractivity contribution is 0.683. The molecule has 0 fully saturated rings. The average Bonchev–Trinajstić information content (AvgIpc) is 3.39. The van der Waals surface area contributed by atoms with Gasteiger partial charge in [-0.05, 0) is 24.3 Å². The average molecular weight is 414 g/mol. The van der Waals surface area contributed by atoms with Gasteiger partial charge < -0.3 is 9.72 Å². The Kier molecular flexibility index (Phi) is 5.05. The molecule has 6 heteroatoms. The van der Waals surface area contributed by atoms with Crippen molar-refractivity contribution >= 4 is 17.2 Å². The molecular formula is C24H20ClN5. The third-order valence-electron chi connectivity index (χ3n) is 4.94. The van der Waals surface area contributed by atoms with E-state index in [0.29, 0.717) is 18.1 Å². The minimum absolute atomic E-state index is 0.657. The van der Waals surface area contributed by atoms with Crippen molar-refractivity contribution in [3.05, 3.63) is 108 Å². The fourth-order valence-corrected chi connectivity index (χ4v) is 3.69. The number of nitrogens with one attached hydrogen (secondary N) is 1. The SMILES string of the molecule is Clc1ccc2nc(CNCc3cn(-c4ccccc4)nc3-c3ccccc3)cn2c1. The van der Waals surface area contributed by atoms with Crippen molar-refractivity contribution in [2.75, 3.05) is 0 Å². The molecule has 0 aliphatic carbocycles. The molecule has 0 bridgehead atoms. The predicted molar refractivity (Wildman–Crippen MR) is 120 cm³/mol. The highest BCUT2D eigenvalue weighted by Gasteiger charge is 2.12. The van der Waals surface area contributed by atoms with Gasteiger partial charge in [0.15, 0.2) is 0 Å². The van der Waals surface area contributed by atoms with Crippen molar-refractivity contribution < 1.29 is 0 Å². The highest BCUT2D eigenvalue weighted by molar-refractivity contribution is 6.30. The first-order valence-corrected chi connectivity index (χ1v) is 10.2. The lowest BCUT2D eigenvalue weighted by Crippen LogP contribution is -2.13. The largest absolute Gasteiger partial charge is 0.307 e. The van der Waals surface area contributed by atoms with Gasteiger partial charge in [-0.3, -0.25) is 0 Å². The molecule has 5 nitrogen and oxygen atoms in total. The van der Waals surface area contributed by atoms with E-state index in [1.165, 1.54) is 0 Å². The molecule has 3 aromatic heterocycles. The topological polar surface area (TPSA) is 47.2 Å². The van der Waals surface area contributed by atoms with Gasteiger partial charge in [0.25, 0.3) is 0 Å². The van der Waals surface area contributed by atoms with E-state index >= 15 is 0 Å². The van der Waals surface area contributed by atoms with Crippen LogP contribution in [0.25, 0.3) is 22.6 Å². The number of hydrogen-bond acceptors (Lipinski definition) is 3. The van der Waals surface area contributed by atoms with E-state index in [-0.39, 0.29) is 0 Å². The summed E-state index contributed by atoms with van der Waals surface area (Å²) < 4.78 is 3.88. The normalized spacial score (nSPS) is 11.2. The van der Waals surface area contributed by atoms with Gasteiger partial charge in [-0.2, -0.15) is 5.10 Å².